The van der Waals surface area contributed by atoms with Gasteiger partial charge in [0.05, 0.1) is 26.9 Å². The minimum absolute atomic E-state index is 0. The third kappa shape index (κ3) is 28.4. The van der Waals surface area contributed by atoms with Crippen molar-refractivity contribution in [3.05, 3.63) is 288 Å². The van der Waals surface area contributed by atoms with Crippen molar-refractivity contribution in [1.82, 2.24) is 0 Å². The summed E-state index contributed by atoms with van der Waals surface area (Å²) < 4.78 is 62.6. The van der Waals surface area contributed by atoms with Gasteiger partial charge in [0.2, 0.25) is 0 Å². The van der Waals surface area contributed by atoms with Gasteiger partial charge in [-0.25, -0.2) is 15.0 Å². The first kappa shape index (κ1) is 84.8. The maximum Gasteiger partial charge on any atom is 1.00 e. The quantitative estimate of drug-likeness (QED) is 0.00948. The summed E-state index contributed by atoms with van der Waals surface area (Å²) in [5.74, 6) is -2.72. The smallest absolute Gasteiger partial charge is 0.506 e. The first-order valence-corrected chi connectivity index (χ1v) is 34.8. The molecule has 15 N–H and O–H groups in total. The van der Waals surface area contributed by atoms with Crippen LogP contribution in [0.3, 0.4) is 0 Å². The van der Waals surface area contributed by atoms with E-state index >= 15 is 0 Å². The van der Waals surface area contributed by atoms with Crippen LogP contribution in [0.25, 0.3) is 0 Å². The number of benzene rings is 10. The number of carbonyl (C=O) groups excluding carboxylic acids is 4. The molecule has 0 heterocycles. The Morgan fingerprint density at radius 3 is 0.860 bits per heavy atom. The van der Waals surface area contributed by atoms with Gasteiger partial charge in [0.25, 0.3) is 20.2 Å². The summed E-state index contributed by atoms with van der Waals surface area (Å²) >= 11 is 0. The average molecular weight is 1530 g/mol. The van der Waals surface area contributed by atoms with Crippen molar-refractivity contribution < 1.29 is 77.0 Å². The summed E-state index contributed by atoms with van der Waals surface area (Å²) in [7, 11) is -9.04. The Bertz CT molecular complexity index is 4720. The van der Waals surface area contributed by atoms with Crippen molar-refractivity contribution in [2.24, 2.45) is 52.6 Å². The van der Waals surface area contributed by atoms with E-state index in [1.54, 1.807) is 60.7 Å². The summed E-state index contributed by atoms with van der Waals surface area (Å²) in [6, 6.07) is 68.7. The van der Waals surface area contributed by atoms with Gasteiger partial charge in [0, 0.05) is 57.4 Å². The summed E-state index contributed by atoms with van der Waals surface area (Å²) in [5.41, 5.74) is 30.2. The second-order valence-corrected chi connectivity index (χ2v) is 25.6. The fourth-order valence-electron chi connectivity index (χ4n) is 8.76. The van der Waals surface area contributed by atoms with E-state index in [2.05, 4.69) is 62.0 Å². The van der Waals surface area contributed by atoms with Crippen molar-refractivity contribution in [3.8, 4) is 11.5 Å². The van der Waals surface area contributed by atoms with Gasteiger partial charge in [-0.3, -0.25) is 9.11 Å². The van der Waals surface area contributed by atoms with Crippen LogP contribution in [0.5, 0.6) is 11.5 Å². The Labute approximate surface area is 635 Å². The normalized spacial score (nSPS) is 11.2. The number of aryl methyl sites for hydroxylation is 6. The summed E-state index contributed by atoms with van der Waals surface area (Å²) in [6.45, 7) is 14.3. The first-order chi connectivity index (χ1) is 50.4. The van der Waals surface area contributed by atoms with E-state index in [0.29, 0.717) is 29.3 Å². The van der Waals surface area contributed by atoms with Crippen molar-refractivity contribution in [1.29, 1.82) is 0 Å². The standard InChI is InChI=1S/2C16H14N3O6S.3C15H17N3.Cr/c2*1-10(20)15(16(22)17-11-5-3-2-4-6-11)19-18-13-9-12(26(23,24)25)7-8-14(13)21;3*1-11-7-3-5-9-13(11)17-15(16)18-14-10-6-4-8-12(14)2;/h2*2-9,21H,1H3,(H,17,22)(H,23,24,25);3*3-10H,1-2H3,(H3,16,17,18);/q2*-1;;;;/p+3. The number of guanidine groups is 3. The number of rotatable bonds is 18. The number of amides is 2. The molecular formula is C77H82CrN15O12S2+. The molecule has 27 nitrogen and oxygen atoms in total. The van der Waals surface area contributed by atoms with E-state index in [4.69, 9.17) is 26.3 Å². The number of nitrogens with one attached hydrogen (secondary N) is 5. The van der Waals surface area contributed by atoms with Crippen LogP contribution in [0, 0.1) is 53.6 Å². The fraction of sp³-hybridized carbons (Fsp3) is 0.104. The topological polar surface area (TPSA) is 442 Å². The molecule has 0 atom stereocenters. The van der Waals surface area contributed by atoms with E-state index in [9.17, 15) is 46.2 Å². The van der Waals surface area contributed by atoms with Crippen LogP contribution >= 0.6 is 0 Å². The molecule has 107 heavy (non-hydrogen) atoms. The number of anilines is 5. The van der Waals surface area contributed by atoms with E-state index in [0.717, 1.165) is 118 Å². The summed E-state index contributed by atoms with van der Waals surface area (Å²) in [5, 5.41) is 47.8. The number of azo groups is 2. The molecule has 0 radical (unpaired) electrons. The Morgan fingerprint density at radius 1 is 0.355 bits per heavy atom. The zero-order valence-electron chi connectivity index (χ0n) is 62.2. The minimum Gasteiger partial charge on any atom is -0.506 e. The van der Waals surface area contributed by atoms with Crippen molar-refractivity contribution in [3.63, 3.8) is 0 Å². The Hall–Kier alpha value is -12.8. The molecule has 0 saturated carbocycles. The summed E-state index contributed by atoms with van der Waals surface area (Å²) in [4.78, 5) is 59.7. The van der Waals surface area contributed by atoms with Crippen LogP contribution in [0.4, 0.5) is 56.9 Å². The van der Waals surface area contributed by atoms with E-state index in [1.807, 2.05) is 187 Å². The van der Waals surface area contributed by atoms with Crippen LogP contribution < -0.4 is 43.8 Å². The molecule has 0 saturated heterocycles. The molecule has 0 spiro atoms. The van der Waals surface area contributed by atoms with Crippen molar-refractivity contribution >= 4 is 118 Å². The molecule has 30 heteroatoms. The second kappa shape index (κ2) is 41.5. The number of aliphatic imine (C=N–C) groups is 3. The number of aromatic hydroxyl groups is 2. The van der Waals surface area contributed by atoms with Crippen LogP contribution in [-0.2, 0) is 56.8 Å². The zero-order chi connectivity index (χ0) is 77.5. The van der Waals surface area contributed by atoms with E-state index in [-0.39, 0.29) is 33.0 Å². The molecule has 10 aromatic carbocycles. The van der Waals surface area contributed by atoms with Crippen molar-refractivity contribution in [2.45, 2.75) is 65.2 Å². The van der Waals surface area contributed by atoms with E-state index in [1.165, 1.54) is 0 Å². The molecule has 2 amide bonds. The predicted molar refractivity (Wildman–Crippen MR) is 418 cm³/mol. The largest absolute Gasteiger partial charge is 1.00 e. The number of phenols is 2. The number of hydrogen-bond acceptors (Lipinski definition) is 17. The molecule has 0 aromatic heterocycles. The van der Waals surface area contributed by atoms with Crippen LogP contribution in [0.15, 0.2) is 288 Å². The molecule has 0 aliphatic heterocycles. The van der Waals surface area contributed by atoms with Gasteiger partial charge in [-0.15, -0.1) is 12.1 Å². The van der Waals surface area contributed by atoms with Gasteiger partial charge in [-0.05, 0) is 186 Å². The van der Waals surface area contributed by atoms with Gasteiger partial charge in [0.15, 0.2) is 17.9 Å². The SMILES string of the molecule is CC(=O)[C-](N=Nc1cc(S(=O)(=O)O)ccc1O)C(=O)Nc1ccccc1.CC(=O)[C-](N=Nc1cc(S(=O)(=O)O)ccc1O)C(=O)Nc1ccccc1.Cc1ccccc1N=C(N)Nc1ccccc1C.Cc1ccccc1N=C(N)Nc1ccccc1C.Cc1ccccc1N=C(N)Nc1ccccc1C.[Cr].[H+].[H+].[H+]. The van der Waals surface area contributed by atoms with Gasteiger partial charge in [-0.1, -0.05) is 146 Å². The third-order valence-electron chi connectivity index (χ3n) is 14.5. The Balaban J connectivity index is 0.000000467. The fourth-order valence-corrected chi connectivity index (χ4v) is 9.76. The molecule has 10 rings (SSSR count). The number of hydrogen-bond donors (Lipinski definition) is 12. The van der Waals surface area contributed by atoms with Crippen LogP contribution in [0.2, 0.25) is 0 Å². The van der Waals surface area contributed by atoms with Crippen LogP contribution in [0.1, 0.15) is 51.5 Å². The number of para-hydroxylation sites is 8. The molecule has 0 bridgehead atoms. The zero-order valence-corrected chi connectivity index (χ0v) is 62.1. The molecule has 0 unspecified atom stereocenters. The second-order valence-electron chi connectivity index (χ2n) is 22.8. The number of nitrogens with two attached hydrogens (primary N) is 3. The Morgan fingerprint density at radius 2 is 0.607 bits per heavy atom. The third-order valence-corrected chi connectivity index (χ3v) is 16.2. The molecule has 0 fully saturated rings. The van der Waals surface area contributed by atoms with Gasteiger partial charge in [0.1, 0.15) is 34.7 Å². The molecule has 554 valence electrons. The number of Topliss-reactive ketones (excluding diaryl/α,β-unsaturated/α-hetero) is 2. The van der Waals surface area contributed by atoms with Crippen molar-refractivity contribution in [2.75, 3.05) is 26.6 Å². The number of nitrogens with zero attached hydrogens (tertiary/aromatic N) is 7. The minimum atomic E-state index is -4.52. The molecular weight excluding hydrogens is 1440 g/mol. The first-order valence-electron chi connectivity index (χ1n) is 32.0. The molecule has 0 aliphatic carbocycles. The predicted octanol–water partition coefficient (Wildman–Crippen LogP) is 15.4. The number of ketones is 2. The average Bonchev–Trinajstić information content (AvgIpc) is 0.830. The van der Waals surface area contributed by atoms with Gasteiger partial charge in [-0.2, -0.15) is 27.1 Å². The monoisotopic (exact) mass is 1520 g/mol. The van der Waals surface area contributed by atoms with Gasteiger partial charge >= 0.3 is 4.28 Å². The summed E-state index contributed by atoms with van der Waals surface area (Å²) in [6.07, 6.45) is 0. The number of phenolic OH excluding ortho intramolecular Hbond substituents is 2. The van der Waals surface area contributed by atoms with Crippen LogP contribution in [-0.4, -0.2) is 77.4 Å². The molecule has 0 aliphatic rings. The maximum absolute atomic E-state index is 12.2. The van der Waals surface area contributed by atoms with Gasteiger partial charge < -0.3 is 83.4 Å². The number of carbonyl (C=O) groups is 4. The molecule has 10 aromatic rings. The Kier molecular flexibility index (Phi) is 32.9. The van der Waals surface area contributed by atoms with E-state index < -0.39 is 77.0 Å². The maximum atomic E-state index is 12.2.